The number of aliphatic carboxylic acids is 1. The summed E-state index contributed by atoms with van der Waals surface area (Å²) >= 11 is 0. The van der Waals surface area contributed by atoms with Crippen LogP contribution in [0.3, 0.4) is 0 Å². The standard InChI is InChI=1S/C13H20N4O4/c1-4-5-10-11(17(20)21)12(15(3)14-10)16-7-6-9(8(16)2)13(18)19/h8-9H,4-7H2,1-3H3,(H,18,19). The Morgan fingerprint density at radius 3 is 2.71 bits per heavy atom. The van der Waals surface area contributed by atoms with Crippen LogP contribution >= 0.6 is 0 Å². The average molecular weight is 296 g/mol. The Balaban J connectivity index is 2.44. The van der Waals surface area contributed by atoms with Gasteiger partial charge in [-0.1, -0.05) is 13.3 Å². The first-order valence-electron chi connectivity index (χ1n) is 7.08. The van der Waals surface area contributed by atoms with Gasteiger partial charge >= 0.3 is 11.7 Å². The molecule has 1 saturated heterocycles. The smallest absolute Gasteiger partial charge is 0.334 e. The molecule has 1 aliphatic rings. The van der Waals surface area contributed by atoms with Gasteiger partial charge in [0.05, 0.1) is 10.8 Å². The van der Waals surface area contributed by atoms with E-state index in [4.69, 9.17) is 0 Å². The number of carboxylic acid groups (broad SMARTS) is 1. The molecule has 116 valence electrons. The fourth-order valence-corrected chi connectivity index (χ4v) is 3.04. The highest BCUT2D eigenvalue weighted by molar-refractivity contribution is 5.74. The van der Waals surface area contributed by atoms with Crippen LogP contribution in [0, 0.1) is 16.0 Å². The van der Waals surface area contributed by atoms with Crippen molar-refractivity contribution in [2.75, 3.05) is 11.4 Å². The number of aryl methyl sites for hydroxylation is 2. The lowest BCUT2D eigenvalue weighted by Crippen LogP contribution is -2.34. The van der Waals surface area contributed by atoms with Crippen molar-refractivity contribution in [1.82, 2.24) is 9.78 Å². The minimum Gasteiger partial charge on any atom is -0.481 e. The summed E-state index contributed by atoms with van der Waals surface area (Å²) in [6, 6.07) is -0.286. The molecule has 2 unspecified atom stereocenters. The van der Waals surface area contributed by atoms with Gasteiger partial charge in [0.2, 0.25) is 5.82 Å². The summed E-state index contributed by atoms with van der Waals surface area (Å²) in [5, 5.41) is 24.9. The predicted octanol–water partition coefficient (Wildman–Crippen LogP) is 1.58. The number of aromatic nitrogens is 2. The van der Waals surface area contributed by atoms with Crippen LogP contribution in [-0.2, 0) is 18.3 Å². The Morgan fingerprint density at radius 2 is 2.24 bits per heavy atom. The number of nitrogens with zero attached hydrogens (tertiary/aromatic N) is 4. The summed E-state index contributed by atoms with van der Waals surface area (Å²) < 4.78 is 1.50. The number of hydrogen-bond acceptors (Lipinski definition) is 5. The highest BCUT2D eigenvalue weighted by Gasteiger charge is 2.41. The van der Waals surface area contributed by atoms with E-state index >= 15 is 0 Å². The van der Waals surface area contributed by atoms with Crippen molar-refractivity contribution in [3.63, 3.8) is 0 Å². The summed E-state index contributed by atoms with van der Waals surface area (Å²) in [6.45, 7) is 4.23. The molecule has 2 rings (SSSR count). The van der Waals surface area contributed by atoms with E-state index in [0.717, 1.165) is 6.42 Å². The zero-order valence-electron chi connectivity index (χ0n) is 12.4. The maximum atomic E-state index is 11.4. The Hall–Kier alpha value is -2.12. The second-order valence-corrected chi connectivity index (χ2v) is 5.42. The molecule has 0 radical (unpaired) electrons. The number of nitro groups is 1. The Morgan fingerprint density at radius 1 is 1.57 bits per heavy atom. The van der Waals surface area contributed by atoms with Crippen molar-refractivity contribution >= 4 is 17.5 Å². The molecule has 0 bridgehead atoms. The van der Waals surface area contributed by atoms with Gasteiger partial charge in [0.15, 0.2) is 0 Å². The van der Waals surface area contributed by atoms with Gasteiger partial charge in [-0.05, 0) is 19.8 Å². The lowest BCUT2D eigenvalue weighted by Gasteiger charge is -2.24. The molecular formula is C13H20N4O4. The molecule has 8 nitrogen and oxygen atoms in total. The summed E-state index contributed by atoms with van der Waals surface area (Å²) in [6.07, 6.45) is 1.79. The van der Waals surface area contributed by atoms with E-state index in [1.165, 1.54) is 4.68 Å². The van der Waals surface area contributed by atoms with E-state index in [1.54, 1.807) is 18.9 Å². The minimum absolute atomic E-state index is 0.0113. The Labute approximate surface area is 122 Å². The molecule has 0 aliphatic carbocycles. The van der Waals surface area contributed by atoms with E-state index < -0.39 is 16.8 Å². The first kappa shape index (κ1) is 15.3. The zero-order chi connectivity index (χ0) is 15.7. The molecule has 1 aromatic heterocycles. The highest BCUT2D eigenvalue weighted by atomic mass is 16.6. The maximum Gasteiger partial charge on any atom is 0.334 e. The van der Waals surface area contributed by atoms with E-state index in [1.807, 2.05) is 6.92 Å². The third-order valence-electron chi connectivity index (χ3n) is 4.08. The van der Waals surface area contributed by atoms with Crippen LogP contribution in [0.4, 0.5) is 11.5 Å². The van der Waals surface area contributed by atoms with E-state index in [0.29, 0.717) is 30.9 Å². The van der Waals surface area contributed by atoms with Crippen LogP contribution in [0.2, 0.25) is 0 Å². The predicted molar refractivity (Wildman–Crippen MR) is 76.4 cm³/mol. The van der Waals surface area contributed by atoms with Crippen LogP contribution in [-0.4, -0.2) is 38.4 Å². The molecule has 8 heteroatoms. The molecule has 0 saturated carbocycles. The molecule has 1 N–H and O–H groups in total. The molecule has 2 heterocycles. The van der Waals surface area contributed by atoms with Crippen LogP contribution in [0.5, 0.6) is 0 Å². The first-order valence-corrected chi connectivity index (χ1v) is 7.08. The van der Waals surface area contributed by atoms with Crippen LogP contribution < -0.4 is 4.90 Å². The third kappa shape index (κ3) is 2.57. The fourth-order valence-electron chi connectivity index (χ4n) is 3.04. The third-order valence-corrected chi connectivity index (χ3v) is 4.08. The highest BCUT2D eigenvalue weighted by Crippen LogP contribution is 2.38. The molecule has 1 aromatic rings. The van der Waals surface area contributed by atoms with E-state index in [2.05, 4.69) is 5.10 Å². The monoisotopic (exact) mass is 296 g/mol. The second-order valence-electron chi connectivity index (χ2n) is 5.42. The van der Waals surface area contributed by atoms with Crippen molar-refractivity contribution in [2.24, 2.45) is 13.0 Å². The molecule has 1 fully saturated rings. The van der Waals surface area contributed by atoms with Gasteiger partial charge in [0.1, 0.15) is 5.69 Å². The minimum atomic E-state index is -0.858. The van der Waals surface area contributed by atoms with E-state index in [9.17, 15) is 20.0 Å². The van der Waals surface area contributed by atoms with Crippen LogP contribution in [0.15, 0.2) is 0 Å². The van der Waals surface area contributed by atoms with Crippen LogP contribution in [0.25, 0.3) is 0 Å². The van der Waals surface area contributed by atoms with Gasteiger partial charge in [0, 0.05) is 19.6 Å². The molecule has 1 aliphatic heterocycles. The van der Waals surface area contributed by atoms with E-state index in [-0.39, 0.29) is 11.7 Å². The topological polar surface area (TPSA) is 102 Å². The average Bonchev–Trinajstić information content (AvgIpc) is 2.90. The van der Waals surface area contributed by atoms with Crippen molar-refractivity contribution in [1.29, 1.82) is 0 Å². The summed E-state index contributed by atoms with van der Waals surface area (Å²) in [4.78, 5) is 24.0. The number of rotatable bonds is 5. The Bertz CT molecular complexity index is 569. The van der Waals surface area contributed by atoms with Gasteiger partial charge in [0.25, 0.3) is 0 Å². The Kier molecular flexibility index (Phi) is 4.15. The number of carbonyl (C=O) groups is 1. The van der Waals surface area contributed by atoms with Gasteiger partial charge in [-0.25, -0.2) is 4.68 Å². The van der Waals surface area contributed by atoms with Gasteiger partial charge in [-0.2, -0.15) is 5.10 Å². The molecule has 2 atom stereocenters. The number of anilines is 1. The molecular weight excluding hydrogens is 276 g/mol. The van der Waals surface area contributed by atoms with Crippen molar-refractivity contribution in [3.05, 3.63) is 15.8 Å². The molecule has 0 spiro atoms. The van der Waals surface area contributed by atoms with Gasteiger partial charge < -0.3 is 10.0 Å². The zero-order valence-corrected chi connectivity index (χ0v) is 12.4. The van der Waals surface area contributed by atoms with Crippen molar-refractivity contribution in [2.45, 2.75) is 39.2 Å². The normalized spacial score (nSPS) is 21.8. The SMILES string of the molecule is CCCc1nn(C)c(N2CCC(C(=O)O)C2C)c1[N+](=O)[O-]. The molecule has 0 amide bonds. The van der Waals surface area contributed by atoms with Crippen LogP contribution in [0.1, 0.15) is 32.4 Å². The summed E-state index contributed by atoms with van der Waals surface area (Å²) in [5.41, 5.74) is 0.475. The summed E-state index contributed by atoms with van der Waals surface area (Å²) in [7, 11) is 1.67. The molecule has 21 heavy (non-hydrogen) atoms. The number of carboxylic acids is 1. The lowest BCUT2D eigenvalue weighted by atomic mass is 10.0. The molecule has 0 aromatic carbocycles. The lowest BCUT2D eigenvalue weighted by molar-refractivity contribution is -0.384. The second kappa shape index (κ2) is 5.71. The maximum absolute atomic E-state index is 11.4. The van der Waals surface area contributed by atoms with Crippen molar-refractivity contribution in [3.8, 4) is 0 Å². The summed E-state index contributed by atoms with van der Waals surface area (Å²) in [5.74, 6) is -0.947. The van der Waals surface area contributed by atoms with Crippen molar-refractivity contribution < 1.29 is 14.8 Å². The van der Waals surface area contributed by atoms with Gasteiger partial charge in [-0.15, -0.1) is 0 Å². The first-order chi connectivity index (χ1) is 9.88. The van der Waals surface area contributed by atoms with Gasteiger partial charge in [-0.3, -0.25) is 14.9 Å². The number of hydrogen-bond donors (Lipinski definition) is 1. The quantitative estimate of drug-likeness (QED) is 0.654. The fraction of sp³-hybridized carbons (Fsp3) is 0.692. The largest absolute Gasteiger partial charge is 0.481 e.